The van der Waals surface area contributed by atoms with E-state index in [-0.39, 0.29) is 0 Å². The number of sulfone groups is 1. The van der Waals surface area contributed by atoms with E-state index in [0.717, 1.165) is 37.8 Å². The first-order chi connectivity index (χ1) is 9.50. The number of nitrogens with one attached hydrogen (secondary N) is 1. The molecule has 5 heteroatoms. The zero-order chi connectivity index (χ0) is 14.6. The molecule has 1 N–H and O–H groups in total. The van der Waals surface area contributed by atoms with Crippen LogP contribution in [0.1, 0.15) is 19.8 Å². The van der Waals surface area contributed by atoms with E-state index in [4.69, 9.17) is 0 Å². The van der Waals surface area contributed by atoms with Crippen molar-refractivity contribution in [1.82, 2.24) is 5.32 Å². The summed E-state index contributed by atoms with van der Waals surface area (Å²) in [6.07, 6.45) is 3.68. The Morgan fingerprint density at radius 2 is 1.80 bits per heavy atom. The SMILES string of the molecule is CCN(CC1CCNCC1)c1ccc(S(C)(=O)=O)cc1. The molecule has 1 heterocycles. The minimum Gasteiger partial charge on any atom is -0.372 e. The summed E-state index contributed by atoms with van der Waals surface area (Å²) in [6, 6.07) is 7.24. The van der Waals surface area contributed by atoms with Crippen LogP contribution in [0.4, 0.5) is 5.69 Å². The molecule has 1 fully saturated rings. The fraction of sp³-hybridized carbons (Fsp3) is 0.600. The fourth-order valence-electron chi connectivity index (χ4n) is 2.70. The molecule has 1 aliphatic heterocycles. The predicted octanol–water partition coefficient (Wildman–Crippen LogP) is 1.92. The number of rotatable bonds is 5. The molecule has 1 aromatic rings. The molecule has 0 unspecified atom stereocenters. The summed E-state index contributed by atoms with van der Waals surface area (Å²) in [6.45, 7) is 6.36. The maximum absolute atomic E-state index is 11.5. The van der Waals surface area contributed by atoms with Gasteiger partial charge in [0, 0.05) is 25.0 Å². The average Bonchev–Trinajstić information content (AvgIpc) is 2.45. The van der Waals surface area contributed by atoms with Gasteiger partial charge in [-0.3, -0.25) is 0 Å². The van der Waals surface area contributed by atoms with Crippen molar-refractivity contribution in [1.29, 1.82) is 0 Å². The molecule has 0 aromatic heterocycles. The van der Waals surface area contributed by atoms with Gasteiger partial charge in [0.25, 0.3) is 0 Å². The zero-order valence-electron chi connectivity index (χ0n) is 12.3. The van der Waals surface area contributed by atoms with Crippen LogP contribution in [0.25, 0.3) is 0 Å². The van der Waals surface area contributed by atoms with Crippen molar-refractivity contribution in [2.75, 3.05) is 37.3 Å². The molecule has 0 amide bonds. The van der Waals surface area contributed by atoms with Gasteiger partial charge in [-0.05, 0) is 63.0 Å². The molecule has 1 aliphatic rings. The van der Waals surface area contributed by atoms with Crippen LogP contribution in [0.15, 0.2) is 29.2 Å². The third-order valence-corrected chi connectivity index (χ3v) is 5.08. The molecule has 112 valence electrons. The molecule has 1 aromatic carbocycles. The molecule has 0 atom stereocenters. The van der Waals surface area contributed by atoms with Crippen LogP contribution in [0.2, 0.25) is 0 Å². The first kappa shape index (κ1) is 15.3. The number of benzene rings is 1. The minimum atomic E-state index is -3.11. The lowest BCUT2D eigenvalue weighted by atomic mass is 9.97. The van der Waals surface area contributed by atoms with Crippen molar-refractivity contribution in [2.24, 2.45) is 5.92 Å². The lowest BCUT2D eigenvalue weighted by Crippen LogP contribution is -2.36. The number of piperidine rings is 1. The molecule has 0 saturated carbocycles. The van der Waals surface area contributed by atoms with Crippen molar-refractivity contribution in [3.63, 3.8) is 0 Å². The Labute approximate surface area is 122 Å². The van der Waals surface area contributed by atoms with Crippen molar-refractivity contribution < 1.29 is 8.42 Å². The number of anilines is 1. The highest BCUT2D eigenvalue weighted by molar-refractivity contribution is 7.90. The van der Waals surface area contributed by atoms with E-state index in [1.165, 1.54) is 19.1 Å². The second kappa shape index (κ2) is 6.59. The minimum absolute atomic E-state index is 0.388. The lowest BCUT2D eigenvalue weighted by Gasteiger charge is -2.31. The Hall–Kier alpha value is -1.07. The summed E-state index contributed by atoms with van der Waals surface area (Å²) in [5.41, 5.74) is 1.11. The van der Waals surface area contributed by atoms with Crippen LogP contribution in [-0.2, 0) is 9.84 Å². The van der Waals surface area contributed by atoms with Gasteiger partial charge in [-0.1, -0.05) is 0 Å². The van der Waals surface area contributed by atoms with E-state index in [1.807, 2.05) is 12.1 Å². The van der Waals surface area contributed by atoms with E-state index in [2.05, 4.69) is 17.1 Å². The topological polar surface area (TPSA) is 49.4 Å². The summed E-state index contributed by atoms with van der Waals surface area (Å²) in [7, 11) is -3.11. The van der Waals surface area contributed by atoms with Gasteiger partial charge in [0.05, 0.1) is 4.90 Å². The van der Waals surface area contributed by atoms with Gasteiger partial charge in [0.15, 0.2) is 9.84 Å². The van der Waals surface area contributed by atoms with Crippen molar-refractivity contribution in [2.45, 2.75) is 24.7 Å². The Bertz CT molecular complexity index is 519. The van der Waals surface area contributed by atoms with Gasteiger partial charge >= 0.3 is 0 Å². The summed E-state index contributed by atoms with van der Waals surface area (Å²) >= 11 is 0. The van der Waals surface area contributed by atoms with Gasteiger partial charge < -0.3 is 10.2 Å². The normalized spacial score (nSPS) is 17.1. The van der Waals surface area contributed by atoms with E-state index in [1.54, 1.807) is 12.1 Å². The monoisotopic (exact) mass is 296 g/mol. The maximum Gasteiger partial charge on any atom is 0.175 e. The smallest absolute Gasteiger partial charge is 0.175 e. The maximum atomic E-state index is 11.5. The molecule has 2 rings (SSSR count). The fourth-order valence-corrected chi connectivity index (χ4v) is 3.33. The van der Waals surface area contributed by atoms with Crippen LogP contribution < -0.4 is 10.2 Å². The van der Waals surface area contributed by atoms with Crippen LogP contribution >= 0.6 is 0 Å². The molecule has 20 heavy (non-hydrogen) atoms. The molecule has 0 bridgehead atoms. The van der Waals surface area contributed by atoms with Crippen molar-refractivity contribution >= 4 is 15.5 Å². The van der Waals surface area contributed by atoms with Gasteiger partial charge in [-0.2, -0.15) is 0 Å². The van der Waals surface area contributed by atoms with Crippen LogP contribution in [0.5, 0.6) is 0 Å². The summed E-state index contributed by atoms with van der Waals surface area (Å²) < 4.78 is 23.0. The summed E-state index contributed by atoms with van der Waals surface area (Å²) in [4.78, 5) is 2.72. The van der Waals surface area contributed by atoms with Crippen molar-refractivity contribution in [3.8, 4) is 0 Å². The predicted molar refractivity (Wildman–Crippen MR) is 83.0 cm³/mol. The molecular weight excluding hydrogens is 272 g/mol. The second-order valence-corrected chi connectivity index (χ2v) is 7.51. The third kappa shape index (κ3) is 3.96. The van der Waals surface area contributed by atoms with Crippen LogP contribution in [-0.4, -0.2) is 40.9 Å². The van der Waals surface area contributed by atoms with E-state index in [9.17, 15) is 8.42 Å². The zero-order valence-corrected chi connectivity index (χ0v) is 13.1. The Morgan fingerprint density at radius 3 is 2.30 bits per heavy atom. The average molecular weight is 296 g/mol. The highest BCUT2D eigenvalue weighted by Crippen LogP contribution is 2.21. The molecule has 4 nitrogen and oxygen atoms in total. The highest BCUT2D eigenvalue weighted by atomic mass is 32.2. The standard InChI is InChI=1S/C15H24N2O2S/c1-3-17(12-13-8-10-16-11-9-13)14-4-6-15(7-5-14)20(2,18)19/h4-7,13,16H,3,8-12H2,1-2H3. The number of hydrogen-bond acceptors (Lipinski definition) is 4. The molecule has 0 aliphatic carbocycles. The van der Waals surface area contributed by atoms with Crippen LogP contribution in [0, 0.1) is 5.92 Å². The quantitative estimate of drug-likeness (QED) is 0.902. The number of nitrogens with zero attached hydrogens (tertiary/aromatic N) is 1. The Balaban J connectivity index is 2.07. The highest BCUT2D eigenvalue weighted by Gasteiger charge is 2.17. The third-order valence-electron chi connectivity index (χ3n) is 3.95. The number of hydrogen-bond donors (Lipinski definition) is 1. The summed E-state index contributed by atoms with van der Waals surface area (Å²) in [5, 5.41) is 3.38. The van der Waals surface area contributed by atoms with Gasteiger partial charge in [0.1, 0.15) is 0 Å². The molecular formula is C15H24N2O2S. The molecule has 0 spiro atoms. The largest absolute Gasteiger partial charge is 0.372 e. The first-order valence-corrected chi connectivity index (χ1v) is 9.15. The van der Waals surface area contributed by atoms with Gasteiger partial charge in [-0.25, -0.2) is 8.42 Å². The molecule has 1 saturated heterocycles. The summed E-state index contributed by atoms with van der Waals surface area (Å²) in [5.74, 6) is 0.728. The van der Waals surface area contributed by atoms with E-state index < -0.39 is 9.84 Å². The van der Waals surface area contributed by atoms with E-state index in [0.29, 0.717) is 4.90 Å². The Kier molecular flexibility index (Phi) is 5.05. The van der Waals surface area contributed by atoms with Crippen molar-refractivity contribution in [3.05, 3.63) is 24.3 Å². The molecule has 0 radical (unpaired) electrons. The Morgan fingerprint density at radius 1 is 1.20 bits per heavy atom. The van der Waals surface area contributed by atoms with Gasteiger partial charge in [0.2, 0.25) is 0 Å². The van der Waals surface area contributed by atoms with Crippen LogP contribution in [0.3, 0.4) is 0 Å². The lowest BCUT2D eigenvalue weighted by molar-refractivity contribution is 0.374. The second-order valence-electron chi connectivity index (χ2n) is 5.50. The van der Waals surface area contributed by atoms with E-state index >= 15 is 0 Å². The first-order valence-electron chi connectivity index (χ1n) is 7.26. The van der Waals surface area contributed by atoms with Gasteiger partial charge in [-0.15, -0.1) is 0 Å².